The van der Waals surface area contributed by atoms with Gasteiger partial charge >= 0.3 is 37.7 Å². The molecule has 0 amide bonds. The van der Waals surface area contributed by atoms with Crippen LogP contribution < -0.4 is 65.5 Å². The average Bonchev–Trinajstić information content (AvgIpc) is 1.71. The number of hydrogen-bond donors (Lipinski definition) is 3. The number of carbonyl (C=O) groups excluding carboxylic acids is 1. The Hall–Kier alpha value is 6.94. The molecule has 0 radical (unpaired) electrons. The van der Waals surface area contributed by atoms with Crippen molar-refractivity contribution in [3.8, 4) is 0 Å². The van der Waals surface area contributed by atoms with E-state index in [1.807, 2.05) is 76.2 Å². The zero-order chi connectivity index (χ0) is 103. The molecular formula is C82H125Br5Cl24Li2N5O16P-2. The van der Waals surface area contributed by atoms with Gasteiger partial charge < -0.3 is 101 Å². The second kappa shape index (κ2) is 72.6. The minimum absolute atomic E-state index is 0. The largest absolute Gasteiger partial charge is 1.00 e. The Morgan fingerprint density at radius 2 is 0.815 bits per heavy atom. The van der Waals surface area contributed by atoms with Crippen molar-refractivity contribution >= 4 is 374 Å². The molecule has 0 saturated carbocycles. The van der Waals surface area contributed by atoms with Crippen molar-refractivity contribution in [2.24, 2.45) is 25.7 Å². The van der Waals surface area contributed by atoms with Gasteiger partial charge in [-0.15, -0.1) is 5.57 Å². The Labute approximate surface area is 990 Å². The summed E-state index contributed by atoms with van der Waals surface area (Å²) in [6.07, 6.45) is 7.64. The van der Waals surface area contributed by atoms with Crippen LogP contribution in [0.2, 0.25) is 0 Å². The minimum atomic E-state index is -1.58. The number of allylic oxidation sites excluding steroid dienone is 7. The van der Waals surface area contributed by atoms with E-state index in [4.69, 9.17) is 351 Å². The smallest absolute Gasteiger partial charge is 1.00 e. The van der Waals surface area contributed by atoms with Crippen molar-refractivity contribution < 1.29 is 133 Å². The summed E-state index contributed by atoms with van der Waals surface area (Å²) < 4.78 is 54.0. The van der Waals surface area contributed by atoms with Crippen LogP contribution in [-0.4, -0.2) is 227 Å². The number of rotatable bonds is 42. The molecule has 5 rings (SSSR count). The van der Waals surface area contributed by atoms with Crippen LogP contribution in [0.15, 0.2) is 75.7 Å². The van der Waals surface area contributed by atoms with Gasteiger partial charge in [-0.3, -0.25) is 14.8 Å². The Morgan fingerprint density at radius 3 is 1.07 bits per heavy atom. The summed E-state index contributed by atoms with van der Waals surface area (Å²) in [6.45, 7) is 37.7. The van der Waals surface area contributed by atoms with Gasteiger partial charge in [0.05, 0.1) is 82.7 Å². The maximum Gasteiger partial charge on any atom is 1.00 e. The van der Waals surface area contributed by atoms with Crippen LogP contribution in [0.3, 0.4) is 0 Å². The van der Waals surface area contributed by atoms with Crippen LogP contribution in [0.5, 0.6) is 0 Å². The molecular weight excluding hydrogens is 2610 g/mol. The molecule has 3 aliphatic heterocycles. The van der Waals surface area contributed by atoms with Gasteiger partial charge in [-0.2, -0.15) is 0 Å². The normalized spacial score (nSPS) is 17.3. The van der Waals surface area contributed by atoms with E-state index >= 15 is 0 Å². The zero-order valence-corrected chi connectivity index (χ0v) is 106. The number of aliphatic hydroxyl groups is 2. The van der Waals surface area contributed by atoms with Crippen LogP contribution in [-0.2, 0) is 61.6 Å². The Balaban J connectivity index is -0.000000376. The summed E-state index contributed by atoms with van der Waals surface area (Å²) in [4.78, 5) is 29.9. The third-order valence-corrected chi connectivity index (χ3v) is 21.0. The molecule has 0 saturated heterocycles. The van der Waals surface area contributed by atoms with Crippen molar-refractivity contribution in [2.45, 2.75) is 310 Å². The summed E-state index contributed by atoms with van der Waals surface area (Å²) in [5, 5.41) is 30.4. The van der Waals surface area contributed by atoms with Crippen molar-refractivity contribution in [1.82, 2.24) is 0 Å². The Morgan fingerprint density at radius 1 is 0.504 bits per heavy atom. The quantitative estimate of drug-likeness (QED) is 0.0169. The molecule has 0 fully saturated rings. The van der Waals surface area contributed by atoms with Gasteiger partial charge in [0.25, 0.3) is 0 Å². The van der Waals surface area contributed by atoms with Crippen LogP contribution in [0, 0.1) is 6.92 Å². The fraction of sp³-hybridized carbons (Fsp3) is 0.805. The first-order chi connectivity index (χ1) is 59.8. The number of alkyl halides is 25. The molecule has 135 heavy (non-hydrogen) atoms. The first-order valence-electron chi connectivity index (χ1n) is 41.0. The van der Waals surface area contributed by atoms with Crippen molar-refractivity contribution in [2.75, 3.05) is 97.8 Å². The van der Waals surface area contributed by atoms with E-state index in [0.717, 1.165) is 101 Å². The maximum absolute atomic E-state index is 11.9. The molecule has 0 spiro atoms. The van der Waals surface area contributed by atoms with Crippen LogP contribution >= 0.6 is 345 Å². The Bertz CT molecular complexity index is 3630. The van der Waals surface area contributed by atoms with Crippen LogP contribution in [0.25, 0.3) is 0 Å². The molecule has 2 aliphatic carbocycles. The Kier molecular flexibility index (Phi) is 80.9. The summed E-state index contributed by atoms with van der Waals surface area (Å²) >= 11 is 150. The molecule has 0 atom stereocenters. The van der Waals surface area contributed by atoms with E-state index in [-0.39, 0.29) is 155 Å². The van der Waals surface area contributed by atoms with Crippen LogP contribution in [0.1, 0.15) is 222 Å². The second-order valence-electron chi connectivity index (χ2n) is 33.4. The van der Waals surface area contributed by atoms with Crippen LogP contribution in [0.4, 0.5) is 0 Å². The maximum atomic E-state index is 11.9. The van der Waals surface area contributed by atoms with Crippen molar-refractivity contribution in [3.63, 3.8) is 0 Å². The van der Waals surface area contributed by atoms with E-state index in [0.29, 0.717) is 101 Å². The third kappa shape index (κ3) is 83.1. The summed E-state index contributed by atoms with van der Waals surface area (Å²) in [5.41, 5.74) is 15.1. The number of nitrogens with zero attached hydrogens (tertiary/aromatic N) is 4. The van der Waals surface area contributed by atoms with Gasteiger partial charge in [0.15, 0.2) is 37.2 Å². The zero-order valence-electron chi connectivity index (χ0n) is 79.9. The summed E-state index contributed by atoms with van der Waals surface area (Å²) in [7, 11) is 0. The van der Waals surface area contributed by atoms with E-state index in [1.54, 1.807) is 13.8 Å². The number of hydrogen-bond acceptors (Lipinski definition) is 21. The molecule has 0 aromatic heterocycles. The number of ketones is 1. The molecule has 4 N–H and O–H groups in total. The number of aliphatic hydroxyl groups excluding tert-OH is 2. The predicted octanol–water partition coefficient (Wildman–Crippen LogP) is 21.8. The second-order valence-corrected chi connectivity index (χ2v) is 69.4. The summed E-state index contributed by atoms with van der Waals surface area (Å²) in [5.74, 6) is 1.37. The topological polar surface area (TPSA) is 267 Å². The van der Waals surface area contributed by atoms with E-state index in [9.17, 15) is 15.0 Å². The van der Waals surface area contributed by atoms with Gasteiger partial charge in [-0.25, -0.2) is 17.5 Å². The molecule has 21 nitrogen and oxygen atoms in total. The van der Waals surface area contributed by atoms with E-state index in [1.165, 1.54) is 25.0 Å². The molecule has 786 valence electrons. The number of aliphatic imine (C=N–C) groups is 4. The number of carbonyl (C=O) groups is 1. The monoisotopic (exact) mass is 2710 g/mol. The van der Waals surface area contributed by atoms with Crippen molar-refractivity contribution in [3.05, 3.63) is 62.7 Å². The molecule has 0 unspecified atom stereocenters. The van der Waals surface area contributed by atoms with Gasteiger partial charge in [-0.05, 0) is 236 Å². The SMILES string of the molecule is BrP(Br)Br.C/C(CBr)=C(\CCC(OCC(Cl)(Cl)Cl)OCC(Cl)(Cl)Cl)C1=NC(C)(C)CO1.CC(C)(N)CO.CC1=C(CCC(OCC(Cl)(Cl)Cl)OCC(Cl)(Cl)Cl)C(=NC(C)(C)[O-])CC1.CC1=C(CCC(OCC(Cl)(Cl)Cl)OCC(Cl)(Cl)Cl)CCC1=O.CCOC(CC/C(C1=NC(C)(C)CC1)=C(\C)CO)OCC.[Br-].[CH2-]/C(C)=C(/CCC(OCC(Cl)(Cl)Cl)OCC(Cl)(Cl)Cl)C1=NC(C)(C)CO1.[H-].[Li+].[Li+]. The molecule has 53 heteroatoms. The molecule has 5 aliphatic rings. The predicted molar refractivity (Wildman–Crippen MR) is 579 cm³/mol. The summed E-state index contributed by atoms with van der Waals surface area (Å²) in [6, 6.07) is 0. The molecule has 0 aromatic rings. The van der Waals surface area contributed by atoms with Crippen molar-refractivity contribution in [1.29, 1.82) is 0 Å². The number of nitrogens with two attached hydrogens (primary N) is 1. The molecule has 0 bridgehead atoms. The average molecular weight is 2730 g/mol. The first-order valence-corrected chi connectivity index (χ1v) is 58.5. The standard InChI is InChI=1S/C17H31NO3.C16H22BrCl6NO3.2C16H22Cl6NO3.C13H16Cl6O3.C4H11NO.Br3P.BrH.2Li.H/c1-6-20-16(21-7-2)9-8-14(13(3)12-19)15-10-11-17(4,5)18-15;1-10(6-17)11(13-24-14(2,3)7-27-13)4-5-12(25-8-15(18,19)20)26-9-16(21,22)23;1-10(2)11(13-23-14(3,4)7-26-13)5-6-12(24-8-15(17,18)19)25-9-16(20,21)22;1-10-4-6-12(23-14(2,3)24)11(10)5-7-13(25-8-15(17,18)19)26-9-16(20,21)22;1-8-9(2-4-10(8)20)3-5-11(21-6-12(14,15)16)22-7-13(17,18)19;1-4(2,5)3-6;1-4(2)3;;;;/h16,19H,6-12H2,1-5H3;12H,4-9H2,1-3H3;12H,1,5-9H2,2-4H3;13H,4-9H2,1-3H3;11H,2-7H2,1H3;6H,3,5H2,1-2H3;;1H;;;/q;;2*-1;;;;;2*+1;-1/p-1/b14-13-;11-10-;11-10+;;;;;;;;. The third-order valence-electron chi connectivity index (χ3n) is 17.6. The minimum Gasteiger partial charge on any atom is -1.00 e. The van der Waals surface area contributed by atoms with E-state index < -0.39 is 66.8 Å². The van der Waals surface area contributed by atoms with Gasteiger partial charge in [0.2, 0.25) is 36.2 Å². The molecule has 0 aromatic carbocycles. The number of halogens is 29. The number of ether oxygens (including phenoxy) is 12. The van der Waals surface area contributed by atoms with Gasteiger partial charge in [0.1, 0.15) is 23.1 Å². The fourth-order valence-corrected chi connectivity index (χ4v) is 13.3. The number of Topliss-reactive ketones (excluding diaryl/α,β-unsaturated/α-hetero) is 1. The molecule has 3 heterocycles. The van der Waals surface area contributed by atoms with E-state index in [2.05, 4.69) is 98.1 Å². The van der Waals surface area contributed by atoms with Gasteiger partial charge in [-0.1, -0.05) is 338 Å². The first kappa shape index (κ1) is 150. The van der Waals surface area contributed by atoms with Gasteiger partial charge in [0, 0.05) is 73.2 Å². The fourth-order valence-electron chi connectivity index (χ4n) is 11.5.